The lowest BCUT2D eigenvalue weighted by atomic mass is 10.2. The van der Waals surface area contributed by atoms with Gasteiger partial charge in [-0.1, -0.05) is 39.4 Å². The van der Waals surface area contributed by atoms with E-state index >= 15 is 0 Å². The average Bonchev–Trinajstić information content (AvgIpc) is 2.90. The van der Waals surface area contributed by atoms with E-state index in [1.807, 2.05) is 24.3 Å². The van der Waals surface area contributed by atoms with Gasteiger partial charge in [-0.3, -0.25) is 0 Å². The Hall–Kier alpha value is -1.31. The molecule has 0 aliphatic rings. The van der Waals surface area contributed by atoms with Crippen LogP contribution in [0.25, 0.3) is 16.3 Å². The molecule has 0 spiro atoms. The topological polar surface area (TPSA) is 69.1 Å². The lowest BCUT2D eigenvalue weighted by Gasteiger charge is -1.96. The molecule has 0 unspecified atom stereocenters. The van der Waals surface area contributed by atoms with Crippen molar-refractivity contribution in [3.8, 4) is 11.4 Å². The molecule has 5 nitrogen and oxygen atoms in total. The van der Waals surface area contributed by atoms with Gasteiger partial charge in [0.1, 0.15) is 5.01 Å². The number of hydrogen-bond donors (Lipinski definition) is 1. The number of halogens is 1. The summed E-state index contributed by atoms with van der Waals surface area (Å²) in [7, 11) is 0. The second-order valence-corrected chi connectivity index (χ2v) is 5.72. The lowest BCUT2D eigenvalue weighted by Crippen LogP contribution is -2.03. The van der Waals surface area contributed by atoms with Gasteiger partial charge >= 0.3 is 0 Å². The van der Waals surface area contributed by atoms with Gasteiger partial charge in [0, 0.05) is 16.5 Å². The van der Waals surface area contributed by atoms with Crippen LogP contribution in [0.15, 0.2) is 28.7 Å². The van der Waals surface area contributed by atoms with Gasteiger partial charge in [-0.25, -0.2) is 0 Å². The number of benzene rings is 1. The molecule has 2 heterocycles. The summed E-state index contributed by atoms with van der Waals surface area (Å²) >= 11 is 4.94. The van der Waals surface area contributed by atoms with Crippen molar-refractivity contribution in [3.63, 3.8) is 0 Å². The second kappa shape index (κ2) is 4.75. The normalized spacial score (nSPS) is 11.2. The molecule has 3 aromatic rings. The van der Waals surface area contributed by atoms with Crippen LogP contribution in [0.2, 0.25) is 0 Å². The third kappa shape index (κ3) is 2.05. The average molecular weight is 324 g/mol. The van der Waals surface area contributed by atoms with Crippen molar-refractivity contribution in [1.82, 2.24) is 19.8 Å². The van der Waals surface area contributed by atoms with Crippen LogP contribution < -0.4 is 5.73 Å². The van der Waals surface area contributed by atoms with Gasteiger partial charge in [0.2, 0.25) is 4.96 Å². The molecular formula is C11H10BrN5S. The minimum atomic E-state index is 0.595. The molecule has 0 atom stereocenters. The molecule has 0 saturated heterocycles. The van der Waals surface area contributed by atoms with Crippen molar-refractivity contribution in [1.29, 1.82) is 0 Å². The second-order valence-electron chi connectivity index (χ2n) is 3.76. The lowest BCUT2D eigenvalue weighted by molar-refractivity contribution is 0.871. The largest absolute Gasteiger partial charge is 0.330 e. The Balaban J connectivity index is 2.08. The summed E-state index contributed by atoms with van der Waals surface area (Å²) in [6.45, 7) is 0.595. The zero-order chi connectivity index (χ0) is 12.5. The fourth-order valence-corrected chi connectivity index (χ4v) is 2.77. The summed E-state index contributed by atoms with van der Waals surface area (Å²) in [5, 5.41) is 13.8. The fourth-order valence-electron chi connectivity index (χ4n) is 1.66. The zero-order valence-corrected chi connectivity index (χ0v) is 11.8. The molecule has 18 heavy (non-hydrogen) atoms. The van der Waals surface area contributed by atoms with Gasteiger partial charge in [-0.2, -0.15) is 9.61 Å². The van der Waals surface area contributed by atoms with Crippen molar-refractivity contribution >= 4 is 32.2 Å². The standard InChI is InChI=1S/C11H10BrN5S/c12-8-3-1-7(2-4-8)10-14-15-11-17(10)16-9(18-11)5-6-13/h1-4H,5-6,13H2. The maximum Gasteiger partial charge on any atom is 0.234 e. The summed E-state index contributed by atoms with van der Waals surface area (Å²) in [6.07, 6.45) is 0.772. The van der Waals surface area contributed by atoms with E-state index in [2.05, 4.69) is 31.2 Å². The molecule has 7 heteroatoms. The molecule has 0 fully saturated rings. The van der Waals surface area contributed by atoms with Crippen LogP contribution in [0, 0.1) is 0 Å². The number of hydrogen-bond acceptors (Lipinski definition) is 5. The van der Waals surface area contributed by atoms with Gasteiger partial charge < -0.3 is 5.73 Å². The van der Waals surface area contributed by atoms with Crippen LogP contribution in [0.1, 0.15) is 5.01 Å². The van der Waals surface area contributed by atoms with Gasteiger partial charge in [-0.05, 0) is 18.7 Å². The van der Waals surface area contributed by atoms with Crippen molar-refractivity contribution in [3.05, 3.63) is 33.7 Å². The Morgan fingerprint density at radius 1 is 1.22 bits per heavy atom. The number of fused-ring (bicyclic) bond motifs is 1. The third-order valence-electron chi connectivity index (χ3n) is 2.49. The Labute approximate surface area is 116 Å². The summed E-state index contributed by atoms with van der Waals surface area (Å²) in [4.78, 5) is 0.802. The van der Waals surface area contributed by atoms with Crippen molar-refractivity contribution in [2.75, 3.05) is 6.54 Å². The molecule has 0 amide bonds. The monoisotopic (exact) mass is 323 g/mol. The van der Waals surface area contributed by atoms with E-state index in [1.165, 1.54) is 11.3 Å². The fraction of sp³-hybridized carbons (Fsp3) is 0.182. The van der Waals surface area contributed by atoms with Crippen molar-refractivity contribution < 1.29 is 0 Å². The smallest absolute Gasteiger partial charge is 0.234 e. The highest BCUT2D eigenvalue weighted by Gasteiger charge is 2.12. The molecule has 2 N–H and O–H groups in total. The molecule has 0 aliphatic carbocycles. The molecule has 0 aliphatic heterocycles. The Bertz CT molecular complexity index is 672. The highest BCUT2D eigenvalue weighted by molar-refractivity contribution is 9.10. The van der Waals surface area contributed by atoms with E-state index < -0.39 is 0 Å². The molecule has 1 aromatic carbocycles. The highest BCUT2D eigenvalue weighted by Crippen LogP contribution is 2.23. The third-order valence-corrected chi connectivity index (χ3v) is 3.98. The predicted molar refractivity (Wildman–Crippen MR) is 74.6 cm³/mol. The summed E-state index contributed by atoms with van der Waals surface area (Å²) in [5.74, 6) is 0.761. The van der Waals surface area contributed by atoms with Crippen LogP contribution >= 0.6 is 27.3 Å². The summed E-state index contributed by atoms with van der Waals surface area (Å²) < 4.78 is 2.81. The quantitative estimate of drug-likeness (QED) is 0.801. The number of rotatable bonds is 3. The SMILES string of the molecule is NCCc1nn2c(-c3ccc(Br)cc3)nnc2s1. The number of aromatic nitrogens is 4. The maximum atomic E-state index is 5.53. The Morgan fingerprint density at radius 3 is 2.72 bits per heavy atom. The van der Waals surface area contributed by atoms with E-state index in [9.17, 15) is 0 Å². The molecule has 3 rings (SSSR count). The molecule has 2 aromatic heterocycles. The van der Waals surface area contributed by atoms with Crippen LogP contribution in [-0.4, -0.2) is 26.4 Å². The zero-order valence-electron chi connectivity index (χ0n) is 9.38. The first-order valence-corrected chi connectivity index (χ1v) is 7.06. The van der Waals surface area contributed by atoms with Gasteiger partial charge in [0.25, 0.3) is 0 Å². The first kappa shape index (κ1) is 11.8. The van der Waals surface area contributed by atoms with Gasteiger partial charge in [-0.15, -0.1) is 10.2 Å². The van der Waals surface area contributed by atoms with E-state index in [4.69, 9.17) is 5.73 Å². The first-order valence-electron chi connectivity index (χ1n) is 5.45. The Morgan fingerprint density at radius 2 is 2.00 bits per heavy atom. The van der Waals surface area contributed by atoms with Crippen LogP contribution in [0.3, 0.4) is 0 Å². The van der Waals surface area contributed by atoms with Crippen molar-refractivity contribution in [2.45, 2.75) is 6.42 Å². The van der Waals surface area contributed by atoms with Gasteiger partial charge in [0.15, 0.2) is 5.82 Å². The van der Waals surface area contributed by atoms with E-state index in [0.717, 1.165) is 32.2 Å². The van der Waals surface area contributed by atoms with Crippen LogP contribution in [-0.2, 0) is 6.42 Å². The predicted octanol–water partition coefficient (Wildman–Crippen LogP) is 2.12. The number of nitrogens with zero attached hydrogens (tertiary/aromatic N) is 4. The van der Waals surface area contributed by atoms with Crippen molar-refractivity contribution in [2.24, 2.45) is 5.73 Å². The molecular weight excluding hydrogens is 314 g/mol. The molecule has 0 saturated carbocycles. The summed E-state index contributed by atoms with van der Waals surface area (Å²) in [5.41, 5.74) is 6.53. The van der Waals surface area contributed by atoms with E-state index in [1.54, 1.807) is 4.52 Å². The molecule has 92 valence electrons. The maximum absolute atomic E-state index is 5.53. The van der Waals surface area contributed by atoms with Gasteiger partial charge in [0.05, 0.1) is 0 Å². The minimum Gasteiger partial charge on any atom is -0.330 e. The molecule has 0 bridgehead atoms. The minimum absolute atomic E-state index is 0.595. The first-order chi connectivity index (χ1) is 8.78. The van der Waals surface area contributed by atoms with E-state index in [-0.39, 0.29) is 0 Å². The van der Waals surface area contributed by atoms with E-state index in [0.29, 0.717) is 6.54 Å². The Kier molecular flexibility index (Phi) is 3.11. The highest BCUT2D eigenvalue weighted by atomic mass is 79.9. The molecule has 0 radical (unpaired) electrons. The number of nitrogens with two attached hydrogens (primary N) is 1. The summed E-state index contributed by atoms with van der Waals surface area (Å²) in [6, 6.07) is 7.93. The van der Waals surface area contributed by atoms with Crippen LogP contribution in [0.4, 0.5) is 0 Å². The van der Waals surface area contributed by atoms with Crippen LogP contribution in [0.5, 0.6) is 0 Å².